The van der Waals surface area contributed by atoms with Crippen molar-refractivity contribution in [2.75, 3.05) is 12.4 Å². The lowest BCUT2D eigenvalue weighted by Crippen LogP contribution is -2.00. The van der Waals surface area contributed by atoms with Crippen LogP contribution >= 0.6 is 0 Å². The van der Waals surface area contributed by atoms with E-state index in [1.165, 1.54) is 0 Å². The van der Waals surface area contributed by atoms with Crippen LogP contribution in [0.2, 0.25) is 0 Å². The fraction of sp³-hybridized carbons (Fsp3) is 0.0455. The fourth-order valence-electron chi connectivity index (χ4n) is 2.73. The van der Waals surface area contributed by atoms with E-state index in [1.807, 2.05) is 54.6 Å². The van der Waals surface area contributed by atoms with Gasteiger partial charge in [-0.1, -0.05) is 30.3 Å². The molecular weight excluding hydrogens is 336 g/mol. The molecule has 0 saturated heterocycles. The summed E-state index contributed by atoms with van der Waals surface area (Å²) in [6, 6.07) is 24.8. The number of allylic oxidation sites excluding steroid dienone is 2. The number of hydrogen-bond acceptors (Lipinski definition) is 5. The lowest BCUT2D eigenvalue weighted by atomic mass is 10.0. The molecule has 0 atom stereocenters. The van der Waals surface area contributed by atoms with E-state index in [-0.39, 0.29) is 11.3 Å². The summed E-state index contributed by atoms with van der Waals surface area (Å²) in [5.74, 6) is 0.808. The normalized spacial score (nSPS) is 9.56. The molecule has 5 heteroatoms. The van der Waals surface area contributed by atoms with Crippen LogP contribution in [0.15, 0.2) is 71.9 Å². The second kappa shape index (κ2) is 7.74. The summed E-state index contributed by atoms with van der Waals surface area (Å²) >= 11 is 0. The maximum Gasteiger partial charge on any atom is 0.163 e. The zero-order valence-corrected chi connectivity index (χ0v) is 14.5. The molecule has 3 rings (SSSR count). The summed E-state index contributed by atoms with van der Waals surface area (Å²) < 4.78 is 5.25. The molecular formula is C22H14N4O. The Hall–Kier alpha value is -4.27. The van der Waals surface area contributed by atoms with Crippen molar-refractivity contribution in [3.05, 3.63) is 71.9 Å². The van der Waals surface area contributed by atoms with E-state index >= 15 is 0 Å². The molecule has 5 nitrogen and oxygen atoms in total. The number of anilines is 1. The van der Waals surface area contributed by atoms with E-state index in [1.54, 1.807) is 25.3 Å². The number of nitrogens with zero attached hydrogens (tertiary/aromatic N) is 3. The molecule has 27 heavy (non-hydrogen) atoms. The quantitative estimate of drug-likeness (QED) is 0.685. The van der Waals surface area contributed by atoms with Crippen LogP contribution in [0.5, 0.6) is 5.75 Å². The van der Waals surface area contributed by atoms with Crippen molar-refractivity contribution in [2.45, 2.75) is 0 Å². The van der Waals surface area contributed by atoms with Crippen molar-refractivity contribution >= 4 is 16.5 Å². The number of rotatable bonds is 4. The second-order valence-electron chi connectivity index (χ2n) is 5.72. The molecule has 1 N–H and O–H groups in total. The van der Waals surface area contributed by atoms with E-state index < -0.39 is 0 Å². The Morgan fingerprint density at radius 2 is 1.52 bits per heavy atom. The van der Waals surface area contributed by atoms with E-state index in [9.17, 15) is 5.26 Å². The maximum atomic E-state index is 9.18. The smallest absolute Gasteiger partial charge is 0.163 e. The van der Waals surface area contributed by atoms with Gasteiger partial charge in [0.1, 0.15) is 29.7 Å². The highest BCUT2D eigenvalue weighted by molar-refractivity contribution is 5.88. The largest absolute Gasteiger partial charge is 0.497 e. The zero-order chi connectivity index (χ0) is 19.2. The Morgan fingerprint density at radius 3 is 2.22 bits per heavy atom. The third kappa shape index (κ3) is 3.71. The number of fused-ring (bicyclic) bond motifs is 1. The number of ether oxygens (including phenoxy) is 1. The van der Waals surface area contributed by atoms with Gasteiger partial charge in [0.05, 0.1) is 7.11 Å². The first-order valence-corrected chi connectivity index (χ1v) is 8.08. The van der Waals surface area contributed by atoms with Crippen molar-refractivity contribution in [3.8, 4) is 35.1 Å². The fourth-order valence-corrected chi connectivity index (χ4v) is 2.73. The first-order chi connectivity index (χ1) is 13.2. The highest BCUT2D eigenvalue weighted by Gasteiger charge is 2.07. The summed E-state index contributed by atoms with van der Waals surface area (Å²) in [5, 5.41) is 32.1. The van der Waals surface area contributed by atoms with E-state index in [0.29, 0.717) is 5.69 Å². The summed E-state index contributed by atoms with van der Waals surface area (Å²) in [6.07, 6.45) is 0. The van der Waals surface area contributed by atoms with Gasteiger partial charge in [-0.3, -0.25) is 0 Å². The van der Waals surface area contributed by atoms with Gasteiger partial charge in [-0.25, -0.2) is 0 Å². The van der Waals surface area contributed by atoms with Crippen LogP contribution in [0.25, 0.3) is 21.9 Å². The van der Waals surface area contributed by atoms with Crippen LogP contribution in [-0.4, -0.2) is 7.11 Å². The van der Waals surface area contributed by atoms with Crippen molar-refractivity contribution < 1.29 is 4.74 Å². The first-order valence-electron chi connectivity index (χ1n) is 8.08. The predicted molar refractivity (Wildman–Crippen MR) is 103 cm³/mol. The number of hydrogen-bond donors (Lipinski definition) is 1. The van der Waals surface area contributed by atoms with Gasteiger partial charge in [0.2, 0.25) is 0 Å². The lowest BCUT2D eigenvalue weighted by molar-refractivity contribution is 0.415. The Morgan fingerprint density at radius 1 is 0.815 bits per heavy atom. The summed E-state index contributed by atoms with van der Waals surface area (Å²) in [5.41, 5.74) is 2.28. The van der Waals surface area contributed by atoms with Gasteiger partial charge in [-0.2, -0.15) is 15.8 Å². The Labute approximate surface area is 157 Å². The summed E-state index contributed by atoms with van der Waals surface area (Å²) in [4.78, 5) is 0. The average Bonchev–Trinajstić information content (AvgIpc) is 2.73. The van der Waals surface area contributed by atoms with Crippen LogP contribution < -0.4 is 10.1 Å². The SMILES string of the molecule is COc1ccc2cc(-c3cccc(NC(C#N)=C(C#N)C#N)c3)ccc2c1. The van der Waals surface area contributed by atoms with Gasteiger partial charge in [0.15, 0.2) is 5.57 Å². The summed E-state index contributed by atoms with van der Waals surface area (Å²) in [6.45, 7) is 0. The van der Waals surface area contributed by atoms with Crippen molar-refractivity contribution in [3.63, 3.8) is 0 Å². The molecule has 0 aliphatic heterocycles. The highest BCUT2D eigenvalue weighted by Crippen LogP contribution is 2.28. The van der Waals surface area contributed by atoms with Crippen LogP contribution in [0.3, 0.4) is 0 Å². The van der Waals surface area contributed by atoms with Gasteiger partial charge >= 0.3 is 0 Å². The van der Waals surface area contributed by atoms with Gasteiger partial charge in [0.25, 0.3) is 0 Å². The molecule has 0 fully saturated rings. The molecule has 0 radical (unpaired) electrons. The Balaban J connectivity index is 1.98. The molecule has 0 amide bonds. The molecule has 0 aliphatic rings. The molecule has 0 aromatic heterocycles. The average molecular weight is 350 g/mol. The van der Waals surface area contributed by atoms with E-state index in [0.717, 1.165) is 27.6 Å². The van der Waals surface area contributed by atoms with E-state index in [4.69, 9.17) is 15.3 Å². The second-order valence-corrected chi connectivity index (χ2v) is 5.72. The molecule has 0 spiro atoms. The van der Waals surface area contributed by atoms with Crippen LogP contribution in [0, 0.1) is 34.0 Å². The molecule has 0 saturated carbocycles. The molecule has 0 heterocycles. The third-order valence-electron chi connectivity index (χ3n) is 4.10. The zero-order valence-electron chi connectivity index (χ0n) is 14.5. The van der Waals surface area contributed by atoms with Crippen molar-refractivity contribution in [1.29, 1.82) is 15.8 Å². The molecule has 3 aromatic rings. The van der Waals surface area contributed by atoms with Gasteiger partial charge in [-0.15, -0.1) is 0 Å². The number of methoxy groups -OCH3 is 1. The molecule has 0 aliphatic carbocycles. The topological polar surface area (TPSA) is 92.6 Å². The molecule has 0 unspecified atom stereocenters. The minimum atomic E-state index is -0.248. The number of benzene rings is 3. The lowest BCUT2D eigenvalue weighted by Gasteiger charge is -2.09. The van der Waals surface area contributed by atoms with Gasteiger partial charge < -0.3 is 10.1 Å². The maximum absolute atomic E-state index is 9.18. The molecule has 3 aromatic carbocycles. The summed E-state index contributed by atoms with van der Waals surface area (Å²) in [7, 11) is 1.64. The third-order valence-corrected chi connectivity index (χ3v) is 4.10. The van der Waals surface area contributed by atoms with Crippen LogP contribution in [0.4, 0.5) is 5.69 Å². The van der Waals surface area contributed by atoms with Crippen molar-refractivity contribution in [1.82, 2.24) is 0 Å². The highest BCUT2D eigenvalue weighted by atomic mass is 16.5. The monoisotopic (exact) mass is 350 g/mol. The minimum Gasteiger partial charge on any atom is -0.497 e. The number of nitriles is 3. The van der Waals surface area contributed by atoms with Gasteiger partial charge in [0, 0.05) is 5.69 Å². The van der Waals surface area contributed by atoms with Crippen LogP contribution in [-0.2, 0) is 0 Å². The van der Waals surface area contributed by atoms with Crippen molar-refractivity contribution in [2.24, 2.45) is 0 Å². The van der Waals surface area contributed by atoms with Crippen LogP contribution in [0.1, 0.15) is 0 Å². The Kier molecular flexibility index (Phi) is 5.03. The Bertz CT molecular complexity index is 1160. The first kappa shape index (κ1) is 17.5. The standard InChI is InChI=1S/C22H14N4O/c1-27-21-8-7-17-9-16(5-6-18(17)11-21)15-3-2-4-20(10-15)26-22(14-25)19(12-23)13-24/h2-11,26H,1H3. The number of nitrogens with one attached hydrogen (secondary N) is 1. The molecule has 128 valence electrons. The van der Waals surface area contributed by atoms with Gasteiger partial charge in [-0.05, 0) is 52.2 Å². The predicted octanol–water partition coefficient (Wildman–Crippen LogP) is 4.75. The molecule has 0 bridgehead atoms. The minimum absolute atomic E-state index is 0.0669. The van der Waals surface area contributed by atoms with E-state index in [2.05, 4.69) is 11.4 Å².